The standard InChI is InChI=1S/C15H19N3O3.C10H14O2/c19-14(10-5-6-10)17-12-4-1-3-11-9-18(8-2-7-16-21)15(20)13(11)12;1-4-12-10-7-8(2)5-6-9(10)11-3/h1,3-4,10,16,21H,2,5-9H2,(H,17,19);5-7H,4H2,1-3H3. The number of amides is 2. The fourth-order valence-corrected chi connectivity index (χ4v) is 3.69. The van der Waals surface area contributed by atoms with E-state index in [4.69, 9.17) is 14.7 Å². The van der Waals surface area contributed by atoms with Crippen LogP contribution < -0.4 is 20.3 Å². The zero-order valence-corrected chi connectivity index (χ0v) is 19.5. The molecule has 1 heterocycles. The van der Waals surface area contributed by atoms with Gasteiger partial charge in [-0.15, -0.1) is 0 Å². The second-order valence-electron chi connectivity index (χ2n) is 8.18. The van der Waals surface area contributed by atoms with Crippen molar-refractivity contribution in [3.63, 3.8) is 0 Å². The first-order chi connectivity index (χ1) is 16.0. The highest BCUT2D eigenvalue weighted by atomic mass is 16.5. The number of benzene rings is 2. The minimum atomic E-state index is -0.0466. The van der Waals surface area contributed by atoms with Gasteiger partial charge in [-0.05, 0) is 62.4 Å². The van der Waals surface area contributed by atoms with Crippen LogP contribution in [-0.2, 0) is 11.3 Å². The van der Waals surface area contributed by atoms with E-state index in [0.29, 0.717) is 43.9 Å². The second-order valence-corrected chi connectivity index (χ2v) is 8.18. The summed E-state index contributed by atoms with van der Waals surface area (Å²) in [5, 5.41) is 11.5. The van der Waals surface area contributed by atoms with Crippen LogP contribution in [0.2, 0.25) is 0 Å². The van der Waals surface area contributed by atoms with Crippen molar-refractivity contribution in [3.05, 3.63) is 53.1 Å². The second kappa shape index (κ2) is 11.7. The number of methoxy groups -OCH3 is 1. The largest absolute Gasteiger partial charge is 0.493 e. The molecule has 2 aromatic rings. The Morgan fingerprint density at radius 1 is 1.21 bits per heavy atom. The van der Waals surface area contributed by atoms with Gasteiger partial charge in [-0.1, -0.05) is 18.2 Å². The number of nitrogens with zero attached hydrogens (tertiary/aromatic N) is 1. The molecular weight excluding hydrogens is 422 g/mol. The van der Waals surface area contributed by atoms with Gasteiger partial charge in [0.05, 0.1) is 25.0 Å². The summed E-state index contributed by atoms with van der Waals surface area (Å²) in [5.41, 5.74) is 5.46. The Bertz CT molecular complexity index is 975. The number of carbonyl (C=O) groups is 2. The molecule has 0 saturated heterocycles. The summed E-state index contributed by atoms with van der Waals surface area (Å²) >= 11 is 0. The van der Waals surface area contributed by atoms with Crippen LogP contribution >= 0.6 is 0 Å². The van der Waals surface area contributed by atoms with E-state index in [0.717, 1.165) is 29.9 Å². The van der Waals surface area contributed by atoms with Gasteiger partial charge in [0.1, 0.15) is 0 Å². The summed E-state index contributed by atoms with van der Waals surface area (Å²) < 4.78 is 10.5. The van der Waals surface area contributed by atoms with E-state index in [2.05, 4.69) is 10.8 Å². The molecule has 0 bridgehead atoms. The highest BCUT2D eigenvalue weighted by Crippen LogP contribution is 2.33. The first-order valence-electron chi connectivity index (χ1n) is 11.3. The maximum atomic E-state index is 12.5. The lowest BCUT2D eigenvalue weighted by Crippen LogP contribution is -2.27. The van der Waals surface area contributed by atoms with Crippen LogP contribution in [0.3, 0.4) is 0 Å². The maximum absolute atomic E-state index is 12.5. The third kappa shape index (κ3) is 6.46. The zero-order chi connectivity index (χ0) is 23.8. The lowest BCUT2D eigenvalue weighted by atomic mass is 10.1. The quantitative estimate of drug-likeness (QED) is 0.393. The third-order valence-electron chi connectivity index (χ3n) is 5.55. The van der Waals surface area contributed by atoms with Crippen molar-refractivity contribution in [2.75, 3.05) is 32.1 Å². The number of hydrogen-bond donors (Lipinski definition) is 3. The van der Waals surface area contributed by atoms with Gasteiger partial charge in [-0.25, -0.2) is 5.48 Å². The van der Waals surface area contributed by atoms with Gasteiger partial charge >= 0.3 is 0 Å². The number of hydrogen-bond acceptors (Lipinski definition) is 6. The molecule has 8 heteroatoms. The lowest BCUT2D eigenvalue weighted by molar-refractivity contribution is -0.117. The van der Waals surface area contributed by atoms with Gasteiger partial charge in [0.15, 0.2) is 11.5 Å². The summed E-state index contributed by atoms with van der Waals surface area (Å²) in [6.07, 6.45) is 2.56. The predicted octanol–water partition coefficient (Wildman–Crippen LogP) is 3.76. The number of hydroxylamine groups is 1. The molecule has 0 atom stereocenters. The summed E-state index contributed by atoms with van der Waals surface area (Å²) in [4.78, 5) is 26.1. The average Bonchev–Trinajstić information content (AvgIpc) is 3.60. The minimum Gasteiger partial charge on any atom is -0.493 e. The van der Waals surface area contributed by atoms with Crippen molar-refractivity contribution in [1.29, 1.82) is 0 Å². The summed E-state index contributed by atoms with van der Waals surface area (Å²) in [7, 11) is 1.65. The number of rotatable bonds is 9. The Balaban J connectivity index is 0.000000218. The highest BCUT2D eigenvalue weighted by molar-refractivity contribution is 6.07. The van der Waals surface area contributed by atoms with Gasteiger partial charge in [-0.2, -0.15) is 0 Å². The van der Waals surface area contributed by atoms with E-state index >= 15 is 0 Å². The van der Waals surface area contributed by atoms with Crippen LogP contribution in [0.5, 0.6) is 11.5 Å². The highest BCUT2D eigenvalue weighted by Gasteiger charge is 2.33. The Kier molecular flexibility index (Phi) is 8.68. The predicted molar refractivity (Wildman–Crippen MR) is 126 cm³/mol. The van der Waals surface area contributed by atoms with Crippen molar-refractivity contribution in [2.24, 2.45) is 5.92 Å². The van der Waals surface area contributed by atoms with Crippen molar-refractivity contribution >= 4 is 17.5 Å². The number of anilines is 1. The number of carbonyl (C=O) groups excluding carboxylic acids is 2. The first-order valence-corrected chi connectivity index (χ1v) is 11.3. The van der Waals surface area contributed by atoms with E-state index < -0.39 is 0 Å². The molecule has 33 heavy (non-hydrogen) atoms. The van der Waals surface area contributed by atoms with Gasteiger partial charge < -0.3 is 24.9 Å². The van der Waals surface area contributed by atoms with E-state index in [-0.39, 0.29) is 17.7 Å². The van der Waals surface area contributed by atoms with Gasteiger partial charge in [0.2, 0.25) is 5.91 Å². The molecule has 1 fully saturated rings. The monoisotopic (exact) mass is 455 g/mol. The van der Waals surface area contributed by atoms with Gasteiger partial charge in [0.25, 0.3) is 5.91 Å². The molecular formula is C25H33N3O5. The fraction of sp³-hybridized carbons (Fsp3) is 0.440. The van der Waals surface area contributed by atoms with Crippen LogP contribution in [0.1, 0.15) is 47.7 Å². The molecule has 4 rings (SSSR count). The normalized spacial score (nSPS) is 14.3. The SMILES string of the molecule is CCOc1cc(C)ccc1OC.O=C(Nc1cccc2c1C(=O)N(CCCNO)C2)C1CC1. The van der Waals surface area contributed by atoms with E-state index in [1.165, 1.54) is 5.56 Å². The van der Waals surface area contributed by atoms with Crippen LogP contribution in [0.25, 0.3) is 0 Å². The molecule has 178 valence electrons. The molecule has 8 nitrogen and oxygen atoms in total. The lowest BCUT2D eigenvalue weighted by Gasteiger charge is -2.15. The molecule has 2 aliphatic rings. The van der Waals surface area contributed by atoms with Crippen molar-refractivity contribution in [1.82, 2.24) is 10.4 Å². The summed E-state index contributed by atoms with van der Waals surface area (Å²) in [6.45, 7) is 6.25. The zero-order valence-electron chi connectivity index (χ0n) is 19.5. The number of fused-ring (bicyclic) bond motifs is 1. The topological polar surface area (TPSA) is 100 Å². The van der Waals surface area contributed by atoms with Crippen molar-refractivity contribution < 1.29 is 24.3 Å². The number of aryl methyl sites for hydroxylation is 1. The molecule has 1 aliphatic heterocycles. The summed E-state index contributed by atoms with van der Waals surface area (Å²) in [5.74, 6) is 1.69. The number of ether oxygens (including phenoxy) is 2. The molecule has 1 aliphatic carbocycles. The van der Waals surface area contributed by atoms with E-state index in [9.17, 15) is 9.59 Å². The minimum absolute atomic E-state index is 0.0131. The smallest absolute Gasteiger partial charge is 0.256 e. The molecule has 0 unspecified atom stereocenters. The summed E-state index contributed by atoms with van der Waals surface area (Å²) in [6, 6.07) is 11.5. The Morgan fingerprint density at radius 2 is 2.00 bits per heavy atom. The Hall–Kier alpha value is -3.10. The molecule has 2 amide bonds. The third-order valence-corrected chi connectivity index (χ3v) is 5.55. The Morgan fingerprint density at radius 3 is 2.67 bits per heavy atom. The maximum Gasteiger partial charge on any atom is 0.256 e. The van der Waals surface area contributed by atoms with E-state index in [1.807, 2.05) is 44.2 Å². The molecule has 0 radical (unpaired) electrons. The molecule has 1 saturated carbocycles. The van der Waals surface area contributed by atoms with Crippen LogP contribution in [0.15, 0.2) is 36.4 Å². The van der Waals surface area contributed by atoms with E-state index in [1.54, 1.807) is 18.1 Å². The first kappa shape index (κ1) is 24.5. The average molecular weight is 456 g/mol. The molecule has 0 aromatic heterocycles. The molecule has 0 spiro atoms. The number of nitrogens with one attached hydrogen (secondary N) is 2. The van der Waals surface area contributed by atoms with Crippen molar-refractivity contribution in [3.8, 4) is 11.5 Å². The van der Waals surface area contributed by atoms with Gasteiger partial charge in [0, 0.05) is 25.6 Å². The van der Waals surface area contributed by atoms with Gasteiger partial charge in [-0.3, -0.25) is 9.59 Å². The van der Waals surface area contributed by atoms with Crippen molar-refractivity contribution in [2.45, 2.75) is 39.7 Å². The Labute approximate surface area is 194 Å². The fourth-order valence-electron chi connectivity index (χ4n) is 3.69. The van der Waals surface area contributed by atoms with Crippen LogP contribution in [0.4, 0.5) is 5.69 Å². The molecule has 3 N–H and O–H groups in total. The van der Waals surface area contributed by atoms with Crippen LogP contribution in [0, 0.1) is 12.8 Å². The molecule has 2 aromatic carbocycles. The van der Waals surface area contributed by atoms with Crippen LogP contribution in [-0.4, -0.2) is 48.7 Å².